The highest BCUT2D eigenvalue weighted by molar-refractivity contribution is 14.0. The first kappa shape index (κ1) is 24.7. The van der Waals surface area contributed by atoms with E-state index in [0.29, 0.717) is 19.0 Å². The van der Waals surface area contributed by atoms with Crippen LogP contribution in [-0.2, 0) is 26.3 Å². The Labute approximate surface area is 195 Å². The Morgan fingerprint density at radius 3 is 2.61 bits per heavy atom. The molecule has 0 bridgehead atoms. The van der Waals surface area contributed by atoms with Crippen molar-refractivity contribution in [2.75, 3.05) is 13.6 Å². The quantitative estimate of drug-likeness (QED) is 0.278. The summed E-state index contributed by atoms with van der Waals surface area (Å²) in [4.78, 5) is 13.8. The Kier molecular flexibility index (Phi) is 8.48. The third-order valence-corrected chi connectivity index (χ3v) is 4.37. The van der Waals surface area contributed by atoms with Gasteiger partial charge in [-0.05, 0) is 12.5 Å². The number of aliphatic imine (C=N–C) groups is 1. The molecule has 7 nitrogen and oxygen atoms in total. The zero-order valence-corrected chi connectivity index (χ0v) is 19.8. The molecule has 3 aromatic rings. The van der Waals surface area contributed by atoms with Gasteiger partial charge in [-0.25, -0.2) is 9.98 Å². The predicted molar refractivity (Wildman–Crippen MR) is 124 cm³/mol. The van der Waals surface area contributed by atoms with Gasteiger partial charge in [-0.15, -0.1) is 24.0 Å². The molecule has 0 atom stereocenters. The number of rotatable bonds is 6. The fourth-order valence-electron chi connectivity index (χ4n) is 3.03. The molecule has 0 fully saturated rings. The maximum Gasteiger partial charge on any atom is 0.435 e. The van der Waals surface area contributed by atoms with Crippen molar-refractivity contribution < 1.29 is 13.2 Å². The van der Waals surface area contributed by atoms with Crippen LogP contribution in [0.25, 0.3) is 11.3 Å². The van der Waals surface area contributed by atoms with E-state index in [4.69, 9.17) is 0 Å². The second kappa shape index (κ2) is 10.6. The lowest BCUT2D eigenvalue weighted by Crippen LogP contribution is -2.38. The zero-order valence-electron chi connectivity index (χ0n) is 17.4. The largest absolute Gasteiger partial charge is 0.435 e. The number of H-pyrrole nitrogens is 1. The second-order valence-corrected chi connectivity index (χ2v) is 6.81. The third kappa shape index (κ3) is 6.45. The standard InChI is InChI=1S/C20H24F3N7.HI/c1-4-24-19(26-10-15-12-30(3)28-18(15)20(21,22)23)29(2)13-17-25-11-16(27-17)14-8-6-5-7-9-14;/h5-9,11-12H,4,10,13H2,1-3H3,(H,24,26)(H,25,27);1H. The first-order valence-corrected chi connectivity index (χ1v) is 9.46. The fourth-order valence-corrected chi connectivity index (χ4v) is 3.03. The van der Waals surface area contributed by atoms with Gasteiger partial charge in [0.1, 0.15) is 5.82 Å². The van der Waals surface area contributed by atoms with Crippen molar-refractivity contribution >= 4 is 29.9 Å². The lowest BCUT2D eigenvalue weighted by molar-refractivity contribution is -0.142. The van der Waals surface area contributed by atoms with Gasteiger partial charge in [-0.1, -0.05) is 30.3 Å². The minimum Gasteiger partial charge on any atom is -0.357 e. The number of hydrogen-bond acceptors (Lipinski definition) is 3. The Balaban J connectivity index is 0.00000341. The third-order valence-electron chi connectivity index (χ3n) is 4.37. The van der Waals surface area contributed by atoms with E-state index in [1.54, 1.807) is 18.1 Å². The molecule has 3 rings (SSSR count). The number of hydrogen-bond donors (Lipinski definition) is 2. The van der Waals surface area contributed by atoms with Crippen molar-refractivity contribution in [3.8, 4) is 11.3 Å². The molecule has 2 aromatic heterocycles. The summed E-state index contributed by atoms with van der Waals surface area (Å²) in [5, 5.41) is 6.63. The summed E-state index contributed by atoms with van der Waals surface area (Å²) in [5.74, 6) is 1.20. The topological polar surface area (TPSA) is 74.1 Å². The number of nitrogens with zero attached hydrogens (tertiary/aromatic N) is 5. The number of guanidine groups is 1. The average molecular weight is 547 g/mol. The molecule has 11 heteroatoms. The lowest BCUT2D eigenvalue weighted by atomic mass is 10.2. The molecule has 0 unspecified atom stereocenters. The summed E-state index contributed by atoms with van der Waals surface area (Å²) in [6.45, 7) is 2.76. The molecule has 0 radical (unpaired) electrons. The molecule has 1 aromatic carbocycles. The van der Waals surface area contributed by atoms with Crippen LogP contribution < -0.4 is 5.32 Å². The Bertz CT molecular complexity index is 996. The highest BCUT2D eigenvalue weighted by atomic mass is 127. The summed E-state index contributed by atoms with van der Waals surface area (Å²) in [5.41, 5.74) is 1.03. The second-order valence-electron chi connectivity index (χ2n) is 6.81. The maximum absolute atomic E-state index is 13.2. The van der Waals surface area contributed by atoms with Gasteiger partial charge in [0.05, 0.1) is 25.0 Å². The van der Waals surface area contributed by atoms with Crippen LogP contribution in [0.15, 0.2) is 47.7 Å². The molecule has 0 saturated heterocycles. The Morgan fingerprint density at radius 2 is 1.97 bits per heavy atom. The van der Waals surface area contributed by atoms with E-state index in [-0.39, 0.29) is 36.1 Å². The van der Waals surface area contributed by atoms with E-state index in [0.717, 1.165) is 21.8 Å². The van der Waals surface area contributed by atoms with Crippen molar-refractivity contribution in [3.63, 3.8) is 0 Å². The smallest absolute Gasteiger partial charge is 0.357 e. The molecule has 0 aliphatic heterocycles. The van der Waals surface area contributed by atoms with Crippen LogP contribution in [0.3, 0.4) is 0 Å². The number of nitrogens with one attached hydrogen (secondary N) is 2. The molecule has 0 aliphatic carbocycles. The minimum atomic E-state index is -4.52. The average Bonchev–Trinajstić information content (AvgIpc) is 3.32. The summed E-state index contributed by atoms with van der Waals surface area (Å²) < 4.78 is 40.6. The SMILES string of the molecule is CCNC(=NCc1cn(C)nc1C(F)(F)F)N(C)Cc1ncc(-c2ccccc2)[nH]1.I. The molecule has 0 aliphatic rings. The molecular weight excluding hydrogens is 522 g/mol. The van der Waals surface area contributed by atoms with Crippen LogP contribution in [0.2, 0.25) is 0 Å². The normalized spacial score (nSPS) is 11.9. The predicted octanol–water partition coefficient (Wildman–Crippen LogP) is 4.04. The number of aromatic nitrogens is 4. The molecule has 31 heavy (non-hydrogen) atoms. The molecule has 2 heterocycles. The summed E-state index contributed by atoms with van der Waals surface area (Å²) in [7, 11) is 3.27. The van der Waals surface area contributed by atoms with Gasteiger partial charge in [0, 0.05) is 32.4 Å². The van der Waals surface area contributed by atoms with Gasteiger partial charge in [0.25, 0.3) is 0 Å². The van der Waals surface area contributed by atoms with E-state index in [1.165, 1.54) is 13.2 Å². The number of aromatic amines is 1. The van der Waals surface area contributed by atoms with Crippen molar-refractivity contribution in [2.45, 2.75) is 26.2 Å². The van der Waals surface area contributed by atoms with E-state index in [2.05, 4.69) is 25.4 Å². The van der Waals surface area contributed by atoms with Crippen LogP contribution in [0.5, 0.6) is 0 Å². The van der Waals surface area contributed by atoms with Crippen LogP contribution in [0, 0.1) is 0 Å². The van der Waals surface area contributed by atoms with Crippen LogP contribution in [0.4, 0.5) is 13.2 Å². The molecule has 0 spiro atoms. The van der Waals surface area contributed by atoms with Crippen LogP contribution >= 0.6 is 24.0 Å². The van der Waals surface area contributed by atoms with Gasteiger partial charge in [-0.2, -0.15) is 18.3 Å². The van der Waals surface area contributed by atoms with Crippen LogP contribution in [0.1, 0.15) is 24.0 Å². The van der Waals surface area contributed by atoms with Gasteiger partial charge in [0.15, 0.2) is 11.7 Å². The molecule has 0 amide bonds. The molecule has 2 N–H and O–H groups in total. The fraction of sp³-hybridized carbons (Fsp3) is 0.350. The molecule has 168 valence electrons. The first-order valence-electron chi connectivity index (χ1n) is 9.46. The van der Waals surface area contributed by atoms with Gasteiger partial charge >= 0.3 is 6.18 Å². The first-order chi connectivity index (χ1) is 14.3. The number of alkyl halides is 3. The Morgan fingerprint density at radius 1 is 1.26 bits per heavy atom. The van der Waals surface area contributed by atoms with E-state index in [9.17, 15) is 13.2 Å². The monoisotopic (exact) mass is 547 g/mol. The number of halogens is 4. The summed E-state index contributed by atoms with van der Waals surface area (Å²) in [6, 6.07) is 9.81. The summed E-state index contributed by atoms with van der Waals surface area (Å²) >= 11 is 0. The number of imidazole rings is 1. The molecular formula is C20H25F3IN7. The summed E-state index contributed by atoms with van der Waals surface area (Å²) in [6.07, 6.45) is -1.42. The van der Waals surface area contributed by atoms with Gasteiger partial charge in [-0.3, -0.25) is 4.68 Å². The van der Waals surface area contributed by atoms with E-state index in [1.807, 2.05) is 37.3 Å². The maximum atomic E-state index is 13.2. The van der Waals surface area contributed by atoms with Crippen molar-refractivity contribution in [3.05, 3.63) is 59.8 Å². The molecule has 0 saturated carbocycles. The van der Waals surface area contributed by atoms with Crippen molar-refractivity contribution in [1.82, 2.24) is 30.0 Å². The number of aryl methyl sites for hydroxylation is 1. The van der Waals surface area contributed by atoms with Crippen molar-refractivity contribution in [2.24, 2.45) is 12.0 Å². The highest BCUT2D eigenvalue weighted by Gasteiger charge is 2.36. The van der Waals surface area contributed by atoms with Crippen molar-refractivity contribution in [1.29, 1.82) is 0 Å². The Hall–Kier alpha value is -2.57. The highest BCUT2D eigenvalue weighted by Crippen LogP contribution is 2.30. The van der Waals surface area contributed by atoms with Crippen LogP contribution in [-0.4, -0.2) is 44.2 Å². The van der Waals surface area contributed by atoms with E-state index >= 15 is 0 Å². The van der Waals surface area contributed by atoms with Gasteiger partial charge in [0.2, 0.25) is 0 Å². The number of benzene rings is 1. The zero-order chi connectivity index (χ0) is 21.7. The van der Waals surface area contributed by atoms with E-state index < -0.39 is 11.9 Å². The minimum absolute atomic E-state index is 0. The lowest BCUT2D eigenvalue weighted by Gasteiger charge is -2.21. The van der Waals surface area contributed by atoms with Gasteiger partial charge < -0.3 is 15.2 Å².